The molecule has 2 atom stereocenters. The van der Waals surface area contributed by atoms with E-state index in [1.54, 1.807) is 25.3 Å². The van der Waals surface area contributed by atoms with E-state index < -0.39 is 17.3 Å². The molecule has 1 aliphatic carbocycles. The number of nitrogens with two attached hydrogens (primary N) is 1. The molecule has 0 radical (unpaired) electrons. The van der Waals surface area contributed by atoms with E-state index in [0.717, 1.165) is 19.3 Å². The van der Waals surface area contributed by atoms with Gasteiger partial charge in [0.2, 0.25) is 0 Å². The topological polar surface area (TPSA) is 105 Å². The van der Waals surface area contributed by atoms with Crippen molar-refractivity contribution in [2.45, 2.75) is 38.6 Å². The minimum atomic E-state index is -0.856. The summed E-state index contributed by atoms with van der Waals surface area (Å²) in [4.78, 5) is 27.0. The number of carboxylic acid groups (broad SMARTS) is 1. The van der Waals surface area contributed by atoms with Crippen molar-refractivity contribution in [3.63, 3.8) is 0 Å². The first-order chi connectivity index (χ1) is 9.45. The molecule has 1 fully saturated rings. The number of hydrogen-bond donors (Lipinski definition) is 3. The third-order valence-corrected chi connectivity index (χ3v) is 4.08. The number of carbonyl (C=O) groups is 2. The van der Waals surface area contributed by atoms with E-state index in [9.17, 15) is 14.7 Å². The number of nitrogens with one attached hydrogen (secondary N) is 1. The normalized spacial score (nSPS) is 25.9. The Labute approximate surface area is 117 Å². The van der Waals surface area contributed by atoms with Gasteiger partial charge in [0.25, 0.3) is 5.91 Å². The number of amides is 1. The maximum absolute atomic E-state index is 11.5. The molecular weight excluding hydrogens is 258 g/mol. The average molecular weight is 277 g/mol. The Morgan fingerprint density at radius 1 is 1.50 bits per heavy atom. The van der Waals surface area contributed by atoms with E-state index >= 15 is 0 Å². The number of aromatic nitrogens is 1. The molecule has 6 heteroatoms. The predicted octanol–water partition coefficient (Wildman–Crippen LogP) is 1.63. The monoisotopic (exact) mass is 277 g/mol. The van der Waals surface area contributed by atoms with Gasteiger partial charge in [0, 0.05) is 12.2 Å². The van der Waals surface area contributed by atoms with E-state index in [2.05, 4.69) is 10.3 Å². The van der Waals surface area contributed by atoms with Crippen molar-refractivity contribution >= 4 is 17.7 Å². The summed E-state index contributed by atoms with van der Waals surface area (Å²) < 4.78 is 0. The summed E-state index contributed by atoms with van der Waals surface area (Å²) in [5, 5.41) is 12.6. The van der Waals surface area contributed by atoms with E-state index in [-0.39, 0.29) is 11.6 Å². The summed E-state index contributed by atoms with van der Waals surface area (Å²) in [5.41, 5.74) is 4.74. The van der Waals surface area contributed by atoms with Crippen LogP contribution in [0.3, 0.4) is 0 Å². The van der Waals surface area contributed by atoms with Crippen LogP contribution in [0.4, 0.5) is 5.82 Å². The summed E-state index contributed by atoms with van der Waals surface area (Å²) in [6.07, 6.45) is 4.75. The van der Waals surface area contributed by atoms with Crippen molar-refractivity contribution in [3.05, 3.63) is 23.9 Å². The maximum atomic E-state index is 11.5. The Hall–Kier alpha value is -2.11. The largest absolute Gasteiger partial charge is 0.481 e. The lowest BCUT2D eigenvalue weighted by atomic mass is 9.71. The molecule has 6 nitrogen and oxygen atoms in total. The molecule has 0 aromatic carbocycles. The van der Waals surface area contributed by atoms with Gasteiger partial charge in [0.05, 0.1) is 11.0 Å². The van der Waals surface area contributed by atoms with Crippen LogP contribution in [0.15, 0.2) is 18.3 Å². The number of hydrogen-bond acceptors (Lipinski definition) is 4. The Balaban J connectivity index is 2.28. The summed E-state index contributed by atoms with van der Waals surface area (Å²) in [6.45, 7) is 1.74. The SMILES string of the molecule is CC1(C(=O)O)CCCCC1Nc1ncccc1C(N)=O. The minimum Gasteiger partial charge on any atom is -0.481 e. The number of pyridine rings is 1. The maximum Gasteiger partial charge on any atom is 0.311 e. The number of anilines is 1. The first kappa shape index (κ1) is 14.3. The van der Waals surface area contributed by atoms with Crippen LogP contribution in [0.2, 0.25) is 0 Å². The van der Waals surface area contributed by atoms with Gasteiger partial charge in [-0.25, -0.2) is 4.98 Å². The molecule has 2 unspecified atom stereocenters. The second kappa shape index (κ2) is 5.48. The molecule has 4 N–H and O–H groups in total. The lowest BCUT2D eigenvalue weighted by Gasteiger charge is -2.38. The van der Waals surface area contributed by atoms with Gasteiger partial charge in [-0.3, -0.25) is 9.59 Å². The van der Waals surface area contributed by atoms with Crippen molar-refractivity contribution in [2.75, 3.05) is 5.32 Å². The van der Waals surface area contributed by atoms with Gasteiger partial charge >= 0.3 is 5.97 Å². The highest BCUT2D eigenvalue weighted by molar-refractivity contribution is 5.97. The summed E-state index contributed by atoms with van der Waals surface area (Å²) in [7, 11) is 0. The molecule has 1 aromatic heterocycles. The molecule has 0 aliphatic heterocycles. The average Bonchev–Trinajstić information content (AvgIpc) is 2.41. The van der Waals surface area contributed by atoms with Crippen LogP contribution in [0.25, 0.3) is 0 Å². The molecule has 0 bridgehead atoms. The standard InChI is InChI=1S/C14H19N3O3/c1-14(13(19)20)7-3-2-6-10(14)17-12-9(11(15)18)5-4-8-16-12/h4-5,8,10H,2-3,6-7H2,1H3,(H2,15,18)(H,16,17)(H,19,20). The molecule has 108 valence electrons. The van der Waals surface area contributed by atoms with Gasteiger partial charge in [-0.1, -0.05) is 12.8 Å². The van der Waals surface area contributed by atoms with Crippen LogP contribution >= 0.6 is 0 Å². The zero-order valence-corrected chi connectivity index (χ0v) is 11.4. The zero-order valence-electron chi connectivity index (χ0n) is 11.4. The fraction of sp³-hybridized carbons (Fsp3) is 0.500. The van der Waals surface area contributed by atoms with Crippen molar-refractivity contribution in [1.29, 1.82) is 0 Å². The molecule has 0 saturated heterocycles. The van der Waals surface area contributed by atoms with Gasteiger partial charge in [0.15, 0.2) is 0 Å². The van der Waals surface area contributed by atoms with Crippen molar-refractivity contribution in [2.24, 2.45) is 11.1 Å². The van der Waals surface area contributed by atoms with E-state index in [0.29, 0.717) is 12.2 Å². The van der Waals surface area contributed by atoms with Crippen LogP contribution in [-0.4, -0.2) is 28.0 Å². The number of carbonyl (C=O) groups excluding carboxylic acids is 1. The summed E-state index contributed by atoms with van der Waals surface area (Å²) in [6, 6.07) is 2.95. The lowest BCUT2D eigenvalue weighted by Crippen LogP contribution is -2.47. The van der Waals surface area contributed by atoms with Crippen molar-refractivity contribution in [3.8, 4) is 0 Å². The van der Waals surface area contributed by atoms with Crippen molar-refractivity contribution < 1.29 is 14.7 Å². The number of carboxylic acids is 1. The number of primary amides is 1. The number of rotatable bonds is 4. The number of nitrogens with zero attached hydrogens (tertiary/aromatic N) is 1. The fourth-order valence-corrected chi connectivity index (χ4v) is 2.71. The molecule has 1 heterocycles. The first-order valence-corrected chi connectivity index (χ1v) is 6.70. The molecule has 0 spiro atoms. The summed E-state index contributed by atoms with van der Waals surface area (Å²) >= 11 is 0. The van der Waals surface area contributed by atoms with Crippen LogP contribution in [0.1, 0.15) is 43.0 Å². The minimum absolute atomic E-state index is 0.262. The molecule has 20 heavy (non-hydrogen) atoms. The van der Waals surface area contributed by atoms with Gasteiger partial charge in [0.1, 0.15) is 5.82 Å². The van der Waals surface area contributed by atoms with Crippen LogP contribution < -0.4 is 11.1 Å². The van der Waals surface area contributed by atoms with E-state index in [4.69, 9.17) is 5.73 Å². The van der Waals surface area contributed by atoms with E-state index in [1.807, 2.05) is 0 Å². The van der Waals surface area contributed by atoms with Gasteiger partial charge < -0.3 is 16.2 Å². The second-order valence-corrected chi connectivity index (χ2v) is 5.43. The summed E-state index contributed by atoms with van der Waals surface area (Å²) in [5.74, 6) is -1.04. The molecule has 1 saturated carbocycles. The quantitative estimate of drug-likeness (QED) is 0.775. The highest BCUT2D eigenvalue weighted by atomic mass is 16.4. The van der Waals surface area contributed by atoms with Gasteiger partial charge in [-0.05, 0) is 31.9 Å². The molecule has 1 aliphatic rings. The van der Waals surface area contributed by atoms with Gasteiger partial charge in [-0.2, -0.15) is 0 Å². The van der Waals surface area contributed by atoms with Crippen molar-refractivity contribution in [1.82, 2.24) is 4.98 Å². The predicted molar refractivity (Wildman–Crippen MR) is 74.4 cm³/mol. The zero-order chi connectivity index (χ0) is 14.8. The van der Waals surface area contributed by atoms with Crippen LogP contribution in [-0.2, 0) is 4.79 Å². The molecule has 2 rings (SSSR count). The van der Waals surface area contributed by atoms with Gasteiger partial charge in [-0.15, -0.1) is 0 Å². The second-order valence-electron chi connectivity index (χ2n) is 5.43. The molecular formula is C14H19N3O3. The fourth-order valence-electron chi connectivity index (χ4n) is 2.71. The Kier molecular flexibility index (Phi) is 3.92. The Morgan fingerprint density at radius 2 is 2.25 bits per heavy atom. The first-order valence-electron chi connectivity index (χ1n) is 6.70. The van der Waals surface area contributed by atoms with Crippen LogP contribution in [0, 0.1) is 5.41 Å². The number of aliphatic carboxylic acids is 1. The highest BCUT2D eigenvalue weighted by Crippen LogP contribution is 2.38. The molecule has 1 aromatic rings. The Morgan fingerprint density at radius 3 is 2.90 bits per heavy atom. The van der Waals surface area contributed by atoms with Crippen LogP contribution in [0.5, 0.6) is 0 Å². The van der Waals surface area contributed by atoms with E-state index in [1.165, 1.54) is 0 Å². The lowest BCUT2D eigenvalue weighted by molar-refractivity contribution is -0.150. The third kappa shape index (κ3) is 2.59. The Bertz CT molecular complexity index is 532. The molecule has 1 amide bonds. The third-order valence-electron chi connectivity index (χ3n) is 4.08. The smallest absolute Gasteiger partial charge is 0.311 e. The highest BCUT2D eigenvalue weighted by Gasteiger charge is 2.43.